The van der Waals surface area contributed by atoms with Gasteiger partial charge in [-0.05, 0) is 79.4 Å². The van der Waals surface area contributed by atoms with E-state index in [1.54, 1.807) is 12.1 Å². The maximum atomic E-state index is 11.7. The average Bonchev–Trinajstić information content (AvgIpc) is 3.28. The molecule has 4 aromatic carbocycles. The molecular formula is C54H74Cu2N12O4. The number of nitrogens with zero attached hydrogens (tertiary/aromatic N) is 12. The fourth-order valence-electron chi connectivity index (χ4n) is 7.07. The molecule has 4 rings (SSSR count). The van der Waals surface area contributed by atoms with Gasteiger partial charge in [0.1, 0.15) is 11.4 Å². The van der Waals surface area contributed by atoms with Gasteiger partial charge in [-0.1, -0.05) is 216 Å². The van der Waals surface area contributed by atoms with E-state index in [4.69, 9.17) is 10.5 Å². The maximum Gasteiger partial charge on any atom is 1.00 e. The second-order valence-corrected chi connectivity index (χ2v) is 18.7. The van der Waals surface area contributed by atoms with Crippen molar-refractivity contribution in [1.82, 2.24) is 0 Å². The van der Waals surface area contributed by atoms with Gasteiger partial charge in [-0.3, -0.25) is 0 Å². The minimum absolute atomic E-state index is 0. The Labute approximate surface area is 450 Å². The molecule has 0 aliphatic heterocycles. The molecule has 0 saturated heterocycles. The molecule has 0 fully saturated rings. The van der Waals surface area contributed by atoms with Crippen LogP contribution in [0, 0.1) is 42.9 Å². The first kappa shape index (κ1) is 67.9. The van der Waals surface area contributed by atoms with E-state index in [9.17, 15) is 20.2 Å². The smallest absolute Gasteiger partial charge is 0.491 e. The summed E-state index contributed by atoms with van der Waals surface area (Å²) in [4.78, 5) is 22.1. The van der Waals surface area contributed by atoms with Crippen molar-refractivity contribution >= 4 is 34.7 Å². The van der Waals surface area contributed by atoms with Gasteiger partial charge in [0.2, 0.25) is 0 Å². The van der Waals surface area contributed by atoms with Gasteiger partial charge < -0.3 is 31.1 Å². The third-order valence-corrected chi connectivity index (χ3v) is 10.7. The zero-order valence-corrected chi connectivity index (χ0v) is 47.0. The van der Waals surface area contributed by atoms with Crippen molar-refractivity contribution in [3.8, 4) is 12.1 Å². The number of rotatable bonds is 14. The Morgan fingerprint density at radius 3 is 0.778 bits per heavy atom. The molecule has 0 heterocycles. The second-order valence-electron chi connectivity index (χ2n) is 18.7. The molecule has 0 amide bonds. The zero-order chi connectivity index (χ0) is 53.4. The minimum atomic E-state index is -0.646. The molecule has 0 aromatic heterocycles. The summed E-state index contributed by atoms with van der Waals surface area (Å²) in [6.07, 6.45) is 0. The van der Waals surface area contributed by atoms with Crippen molar-refractivity contribution in [1.29, 1.82) is 10.5 Å². The number of azo groups is 2. The molecule has 0 radical (unpaired) electrons. The van der Waals surface area contributed by atoms with Crippen LogP contribution in [0.15, 0.2) is 103 Å². The molecule has 4 aromatic rings. The van der Waals surface area contributed by atoms with E-state index in [0.717, 1.165) is 44.5 Å². The fraction of sp³-hybridized carbons (Fsp3) is 0.481. The van der Waals surface area contributed by atoms with E-state index in [1.807, 2.05) is 72.8 Å². The van der Waals surface area contributed by atoms with Gasteiger partial charge in [-0.15, -0.1) is 11.4 Å². The molecule has 0 aliphatic rings. The molecule has 0 N–H and O–H groups in total. The molecule has 396 valence electrons. The minimum Gasteiger partial charge on any atom is -0.491 e. The first-order valence-electron chi connectivity index (χ1n) is 23.7. The van der Waals surface area contributed by atoms with Gasteiger partial charge in [-0.2, -0.15) is 20.7 Å². The van der Waals surface area contributed by atoms with Crippen LogP contribution in [0.5, 0.6) is 0 Å². The number of guanidine groups is 2. The van der Waals surface area contributed by atoms with Crippen LogP contribution in [0.4, 0.5) is 22.7 Å². The van der Waals surface area contributed by atoms with Gasteiger partial charge in [0.05, 0.1) is 22.4 Å². The van der Waals surface area contributed by atoms with Gasteiger partial charge in [0.25, 0.3) is 0 Å². The van der Waals surface area contributed by atoms with Crippen LogP contribution in [0.25, 0.3) is 10.9 Å². The monoisotopic (exact) mass is 1080 g/mol. The van der Waals surface area contributed by atoms with Crippen molar-refractivity contribution in [3.05, 3.63) is 148 Å². The fourth-order valence-corrected chi connectivity index (χ4v) is 7.07. The number of benzene rings is 4. The third-order valence-electron chi connectivity index (χ3n) is 10.7. The van der Waals surface area contributed by atoms with E-state index >= 15 is 0 Å². The Kier molecular flexibility index (Phi) is 32.3. The number of nitriles is 2. The molecule has 0 bridgehead atoms. The summed E-state index contributed by atoms with van der Waals surface area (Å²) >= 11 is 0. The molecule has 0 spiro atoms. The van der Waals surface area contributed by atoms with Crippen LogP contribution in [0.1, 0.15) is 216 Å². The molecule has 0 unspecified atom stereocenters. The standard InChI is InChI=1S/2C25H34N5O2.2C2H3N.2Cu/c2*1-15(2)19-11-9-12-20(16(3)4)23(19)26-28-25(30(31)32)29-27-24-21(17(5)6)13-10-14-22(24)18(7)8;2*1-2-3;;/h2*9-18H,1-8H3;2*1H3;;/q2*-1;;;2*+1/b2*28-25+,29-27?;;;;. The average molecular weight is 1080 g/mol. The van der Waals surface area contributed by atoms with Gasteiger partial charge in [-0.25, -0.2) is 0 Å². The Morgan fingerprint density at radius 1 is 0.431 bits per heavy atom. The second kappa shape index (κ2) is 34.2. The van der Waals surface area contributed by atoms with Crippen molar-refractivity contribution < 1.29 is 44.0 Å². The molecule has 0 saturated carbocycles. The largest absolute Gasteiger partial charge is 1.00 e. The van der Waals surface area contributed by atoms with Gasteiger partial charge in [0, 0.05) is 13.8 Å². The number of nitro groups is 2. The summed E-state index contributed by atoms with van der Waals surface area (Å²) < 4.78 is 0. The Bertz CT molecular complexity index is 2270. The summed E-state index contributed by atoms with van der Waals surface area (Å²) in [5, 5.41) is 62.3. The zero-order valence-electron chi connectivity index (χ0n) is 45.1. The summed E-state index contributed by atoms with van der Waals surface area (Å²) in [6.45, 7) is 35.9. The van der Waals surface area contributed by atoms with Crippen LogP contribution in [0.2, 0.25) is 0 Å². The number of hydrogen-bond acceptors (Lipinski definition) is 10. The van der Waals surface area contributed by atoms with Crippen LogP contribution < -0.4 is 0 Å². The van der Waals surface area contributed by atoms with E-state index in [-0.39, 0.29) is 81.5 Å². The van der Waals surface area contributed by atoms with Crippen molar-refractivity contribution in [3.63, 3.8) is 0 Å². The topological polar surface area (TPSA) is 236 Å². The Hall–Kier alpha value is -6.16. The number of hydrogen-bond donors (Lipinski definition) is 0. The normalized spacial score (nSPS) is 11.4. The van der Waals surface area contributed by atoms with Crippen molar-refractivity contribution in [2.24, 2.45) is 30.7 Å². The quantitative estimate of drug-likeness (QED) is 0.0297. The summed E-state index contributed by atoms with van der Waals surface area (Å²) in [5.41, 5.74) is 19.2. The Morgan fingerprint density at radius 2 is 0.611 bits per heavy atom. The molecule has 72 heavy (non-hydrogen) atoms. The first-order chi connectivity index (χ1) is 32.9. The molecule has 0 aliphatic carbocycles. The van der Waals surface area contributed by atoms with Crippen LogP contribution in [-0.2, 0) is 34.1 Å². The first-order valence-corrected chi connectivity index (χ1v) is 23.7. The van der Waals surface area contributed by atoms with E-state index in [0.29, 0.717) is 22.7 Å². The van der Waals surface area contributed by atoms with Crippen LogP contribution in [0.3, 0.4) is 0 Å². The molecule has 16 nitrogen and oxygen atoms in total. The summed E-state index contributed by atoms with van der Waals surface area (Å²) in [5.74, 6) is 0.363. The van der Waals surface area contributed by atoms with E-state index in [1.165, 1.54) is 13.8 Å². The predicted molar refractivity (Wildman–Crippen MR) is 285 cm³/mol. The maximum absolute atomic E-state index is 11.7. The SMILES string of the molecule is CC#N.CC#N.CC(C)c1cccc(C(C)C)c1N=N/C(=N\[N-]c1c(C(C)C)cccc1C(C)C)[N+](=O)[O-].CC(C)c1cccc(C(C)C)c1N=N/C(=N\[N-]c1c(C(C)C)cccc1C(C)C)[N+](=O)[O-].[Cu+].[Cu+]. The summed E-state index contributed by atoms with van der Waals surface area (Å²) in [6, 6.07) is 27.3. The van der Waals surface area contributed by atoms with E-state index in [2.05, 4.69) is 152 Å². The van der Waals surface area contributed by atoms with Crippen molar-refractivity contribution in [2.75, 3.05) is 0 Å². The summed E-state index contributed by atoms with van der Waals surface area (Å²) in [7, 11) is 0. The molecule has 18 heteroatoms. The van der Waals surface area contributed by atoms with Crippen LogP contribution in [-0.4, -0.2) is 21.8 Å². The van der Waals surface area contributed by atoms with Gasteiger partial charge >= 0.3 is 46.1 Å². The van der Waals surface area contributed by atoms with E-state index < -0.39 is 21.8 Å². The van der Waals surface area contributed by atoms with Crippen LogP contribution >= 0.6 is 0 Å². The predicted octanol–water partition coefficient (Wildman–Crippen LogP) is 18.1. The Balaban J connectivity index is 0. The third kappa shape index (κ3) is 20.9. The molecular weight excluding hydrogens is 1010 g/mol. The van der Waals surface area contributed by atoms with Crippen molar-refractivity contribution in [2.45, 2.75) is 172 Å². The van der Waals surface area contributed by atoms with Gasteiger partial charge in [0.15, 0.2) is 0 Å². The molecule has 0 atom stereocenters.